The summed E-state index contributed by atoms with van der Waals surface area (Å²) in [6.45, 7) is 0.952. The average Bonchev–Trinajstić information content (AvgIpc) is 2.36. The summed E-state index contributed by atoms with van der Waals surface area (Å²) in [5.41, 5.74) is 4.76. The van der Waals surface area contributed by atoms with Gasteiger partial charge in [0.25, 0.3) is 5.91 Å². The summed E-state index contributed by atoms with van der Waals surface area (Å²) in [5, 5.41) is 0. The van der Waals surface area contributed by atoms with Crippen molar-refractivity contribution in [2.45, 2.75) is 18.9 Å². The lowest BCUT2D eigenvalue weighted by molar-refractivity contribution is -0.115. The van der Waals surface area contributed by atoms with Crippen molar-refractivity contribution in [2.24, 2.45) is 5.73 Å². The van der Waals surface area contributed by atoms with E-state index in [4.69, 9.17) is 5.73 Å². The highest BCUT2D eigenvalue weighted by Crippen LogP contribution is 2.17. The van der Waals surface area contributed by atoms with Gasteiger partial charge in [-0.15, -0.1) is 0 Å². The Morgan fingerprint density at radius 3 is 2.83 bits per heavy atom. The first-order valence-electron chi connectivity index (χ1n) is 3.98. The number of nitrogens with zero attached hydrogens (tertiary/aromatic N) is 1. The molecule has 0 saturated carbocycles. The summed E-state index contributed by atoms with van der Waals surface area (Å²) in [7, 11) is 1.91. The Hall–Kier alpha value is -0.900. The smallest absolute Gasteiger partial charge is 0.277 e. The molecule has 0 radical (unpaired) electrons. The zero-order chi connectivity index (χ0) is 9.14. The van der Waals surface area contributed by atoms with Crippen LogP contribution in [-0.2, 0) is 4.79 Å². The third-order valence-corrected chi connectivity index (χ3v) is 2.15. The van der Waals surface area contributed by atoms with Crippen molar-refractivity contribution in [1.29, 1.82) is 0 Å². The predicted octanol–water partition coefficient (Wildman–Crippen LogP) is 0.419. The zero-order valence-corrected chi connectivity index (χ0v) is 7.09. The van der Waals surface area contributed by atoms with E-state index in [0.29, 0.717) is 0 Å². The fourth-order valence-electron chi connectivity index (χ4n) is 1.40. The maximum Gasteiger partial charge on any atom is 0.277 e. The highest BCUT2D eigenvalue weighted by Gasteiger charge is 2.20. The Balaban J connectivity index is 2.59. The van der Waals surface area contributed by atoms with Gasteiger partial charge in [-0.25, -0.2) is 4.39 Å². The summed E-state index contributed by atoms with van der Waals surface area (Å²) >= 11 is 0. The second-order valence-corrected chi connectivity index (χ2v) is 3.07. The van der Waals surface area contributed by atoms with Crippen molar-refractivity contribution >= 4 is 5.91 Å². The van der Waals surface area contributed by atoms with Crippen LogP contribution in [0.1, 0.15) is 12.8 Å². The number of carbonyl (C=O) groups is 1. The Morgan fingerprint density at radius 2 is 2.42 bits per heavy atom. The number of hydrogen-bond donors (Lipinski definition) is 1. The summed E-state index contributed by atoms with van der Waals surface area (Å²) < 4.78 is 12.7. The van der Waals surface area contributed by atoms with Crippen molar-refractivity contribution in [3.63, 3.8) is 0 Å². The Bertz CT molecular complexity index is 215. The summed E-state index contributed by atoms with van der Waals surface area (Å²) in [6.07, 6.45) is 3.25. The van der Waals surface area contributed by atoms with Crippen LogP contribution in [0, 0.1) is 0 Å². The molecule has 1 heterocycles. The molecule has 0 aromatic rings. The standard InChI is InChI=1S/C8H13FN2O/c1-11-4-2-3-6(11)5-7(9)8(10)12/h5-6H,2-4H2,1H3,(H2,10,12)/b7-5+/t6-/m1/s1. The number of primary amides is 1. The maximum atomic E-state index is 12.7. The highest BCUT2D eigenvalue weighted by atomic mass is 19.1. The lowest BCUT2D eigenvalue weighted by atomic mass is 10.2. The van der Waals surface area contributed by atoms with E-state index in [-0.39, 0.29) is 6.04 Å². The second-order valence-electron chi connectivity index (χ2n) is 3.07. The van der Waals surface area contributed by atoms with Crippen molar-refractivity contribution in [3.8, 4) is 0 Å². The number of carbonyl (C=O) groups excluding carboxylic acids is 1. The molecule has 1 aliphatic rings. The first-order valence-corrected chi connectivity index (χ1v) is 3.98. The quantitative estimate of drug-likeness (QED) is 0.613. The van der Waals surface area contributed by atoms with Gasteiger partial charge in [-0.2, -0.15) is 0 Å². The predicted molar refractivity (Wildman–Crippen MR) is 44.0 cm³/mol. The number of amides is 1. The lowest BCUT2D eigenvalue weighted by Crippen LogP contribution is -2.24. The molecule has 1 saturated heterocycles. The first kappa shape index (κ1) is 9.19. The van der Waals surface area contributed by atoms with E-state index >= 15 is 0 Å². The topological polar surface area (TPSA) is 46.3 Å². The van der Waals surface area contributed by atoms with Crippen LogP contribution < -0.4 is 5.73 Å². The van der Waals surface area contributed by atoms with E-state index in [0.717, 1.165) is 19.4 Å². The van der Waals surface area contributed by atoms with Crippen LogP contribution in [-0.4, -0.2) is 30.4 Å². The van der Waals surface area contributed by atoms with Crippen LogP contribution in [0.3, 0.4) is 0 Å². The van der Waals surface area contributed by atoms with Gasteiger partial charge in [0.05, 0.1) is 0 Å². The molecule has 0 unspecified atom stereocenters. The van der Waals surface area contributed by atoms with Crippen molar-refractivity contribution < 1.29 is 9.18 Å². The van der Waals surface area contributed by atoms with Gasteiger partial charge in [-0.05, 0) is 32.5 Å². The van der Waals surface area contributed by atoms with E-state index in [1.165, 1.54) is 6.08 Å². The molecule has 4 heteroatoms. The molecule has 0 aromatic carbocycles. The van der Waals surface area contributed by atoms with Gasteiger partial charge in [-0.1, -0.05) is 0 Å². The number of halogens is 1. The van der Waals surface area contributed by atoms with Gasteiger partial charge in [0.1, 0.15) is 0 Å². The normalized spacial score (nSPS) is 26.2. The molecule has 1 rings (SSSR count). The molecule has 0 aliphatic carbocycles. The fourth-order valence-corrected chi connectivity index (χ4v) is 1.40. The molecule has 0 aromatic heterocycles. The number of nitrogens with two attached hydrogens (primary N) is 1. The molecule has 1 aliphatic heterocycles. The lowest BCUT2D eigenvalue weighted by Gasteiger charge is -2.14. The molecule has 1 amide bonds. The van der Waals surface area contributed by atoms with Crippen LogP contribution in [0.4, 0.5) is 4.39 Å². The molecule has 2 N–H and O–H groups in total. The molecule has 12 heavy (non-hydrogen) atoms. The Labute approximate surface area is 71.0 Å². The number of likely N-dealkylation sites (tertiary alicyclic amines) is 1. The third kappa shape index (κ3) is 2.04. The third-order valence-electron chi connectivity index (χ3n) is 2.15. The van der Waals surface area contributed by atoms with Crippen molar-refractivity contribution in [3.05, 3.63) is 11.9 Å². The zero-order valence-electron chi connectivity index (χ0n) is 7.09. The van der Waals surface area contributed by atoms with E-state index in [1.807, 2.05) is 11.9 Å². The monoisotopic (exact) mass is 172 g/mol. The minimum atomic E-state index is -0.977. The number of hydrogen-bond acceptors (Lipinski definition) is 2. The minimum Gasteiger partial charge on any atom is -0.364 e. The van der Waals surface area contributed by atoms with E-state index < -0.39 is 11.7 Å². The summed E-state index contributed by atoms with van der Waals surface area (Å²) in [6, 6.07) is 0.0394. The van der Waals surface area contributed by atoms with Gasteiger partial charge in [-0.3, -0.25) is 9.69 Å². The Morgan fingerprint density at radius 1 is 1.75 bits per heavy atom. The molecular weight excluding hydrogens is 159 g/mol. The molecular formula is C8H13FN2O. The highest BCUT2D eigenvalue weighted by molar-refractivity contribution is 5.89. The SMILES string of the molecule is CN1CCC[C@@H]1/C=C(/F)C(N)=O. The number of likely N-dealkylation sites (N-methyl/N-ethyl adjacent to an activating group) is 1. The van der Waals surface area contributed by atoms with E-state index in [2.05, 4.69) is 0 Å². The molecule has 1 atom stereocenters. The Kier molecular flexibility index (Phi) is 2.81. The van der Waals surface area contributed by atoms with Crippen LogP contribution in [0.25, 0.3) is 0 Å². The van der Waals surface area contributed by atoms with Crippen LogP contribution in [0.5, 0.6) is 0 Å². The van der Waals surface area contributed by atoms with E-state index in [9.17, 15) is 9.18 Å². The number of rotatable bonds is 2. The maximum absolute atomic E-state index is 12.7. The van der Waals surface area contributed by atoms with Crippen LogP contribution in [0.2, 0.25) is 0 Å². The van der Waals surface area contributed by atoms with Gasteiger partial charge in [0, 0.05) is 6.04 Å². The summed E-state index contributed by atoms with van der Waals surface area (Å²) in [5.74, 6) is -1.80. The summed E-state index contributed by atoms with van der Waals surface area (Å²) in [4.78, 5) is 12.4. The largest absolute Gasteiger partial charge is 0.364 e. The van der Waals surface area contributed by atoms with Gasteiger partial charge >= 0.3 is 0 Å². The molecule has 3 nitrogen and oxygen atoms in total. The minimum absolute atomic E-state index is 0.0394. The fraction of sp³-hybridized carbons (Fsp3) is 0.625. The molecule has 68 valence electrons. The first-order chi connectivity index (χ1) is 5.61. The molecule has 1 fully saturated rings. The van der Waals surface area contributed by atoms with Crippen molar-refractivity contribution in [2.75, 3.05) is 13.6 Å². The second kappa shape index (κ2) is 3.67. The molecule has 0 spiro atoms. The average molecular weight is 172 g/mol. The van der Waals surface area contributed by atoms with E-state index in [1.54, 1.807) is 0 Å². The molecule has 0 bridgehead atoms. The van der Waals surface area contributed by atoms with Gasteiger partial charge in [0.2, 0.25) is 0 Å². The van der Waals surface area contributed by atoms with Gasteiger partial charge < -0.3 is 5.73 Å². The van der Waals surface area contributed by atoms with Gasteiger partial charge in [0.15, 0.2) is 5.83 Å². The van der Waals surface area contributed by atoms with Crippen molar-refractivity contribution in [1.82, 2.24) is 4.90 Å². The van der Waals surface area contributed by atoms with Crippen LogP contribution in [0.15, 0.2) is 11.9 Å². The van der Waals surface area contributed by atoms with Crippen LogP contribution >= 0.6 is 0 Å².